The molecule has 4 aromatic rings. The summed E-state index contributed by atoms with van der Waals surface area (Å²) in [4.78, 5) is 6.76. The highest BCUT2D eigenvalue weighted by molar-refractivity contribution is 7.80. The Labute approximate surface area is 231 Å². The molecule has 2 aromatic heterocycles. The third-order valence-corrected chi connectivity index (χ3v) is 7.54. The molecule has 0 unspecified atom stereocenters. The first-order valence-corrected chi connectivity index (χ1v) is 12.9. The van der Waals surface area contributed by atoms with E-state index in [1.165, 1.54) is 0 Å². The van der Waals surface area contributed by atoms with E-state index in [-0.39, 0.29) is 12.1 Å². The lowest BCUT2D eigenvalue weighted by Crippen LogP contribution is -2.30. The number of pyridine rings is 1. The molecule has 1 aliphatic rings. The van der Waals surface area contributed by atoms with Crippen LogP contribution in [0.1, 0.15) is 34.7 Å². The van der Waals surface area contributed by atoms with Crippen molar-refractivity contribution in [3.8, 4) is 17.2 Å². The lowest BCUT2D eigenvalue weighted by atomic mass is 9.96. The third kappa shape index (κ3) is 4.52. The maximum absolute atomic E-state index is 6.63. The summed E-state index contributed by atoms with van der Waals surface area (Å²) in [6.07, 6.45) is 1.79. The molecule has 0 spiro atoms. The predicted octanol–water partition coefficient (Wildman–Crippen LogP) is 6.99. The Morgan fingerprint density at radius 3 is 2.43 bits per heavy atom. The first-order valence-electron chi connectivity index (χ1n) is 11.7. The first kappa shape index (κ1) is 25.4. The SMILES string of the molecule is COc1ccc(OC)c(N2C(=S)N[C@@H](c3ccccn3)[C@@H]2c2cc(C)n(-c3ccc(Cl)cc3Cl)c2C)c1. The molecule has 3 heterocycles. The molecule has 190 valence electrons. The van der Waals surface area contributed by atoms with Gasteiger partial charge in [0.15, 0.2) is 5.11 Å². The van der Waals surface area contributed by atoms with Crippen LogP contribution < -0.4 is 19.7 Å². The highest BCUT2D eigenvalue weighted by Crippen LogP contribution is 2.47. The molecule has 0 saturated carbocycles. The summed E-state index contributed by atoms with van der Waals surface area (Å²) in [6.45, 7) is 4.15. The van der Waals surface area contributed by atoms with Crippen LogP contribution >= 0.6 is 35.4 Å². The van der Waals surface area contributed by atoms with E-state index in [0.717, 1.165) is 34.0 Å². The lowest BCUT2D eigenvalue weighted by Gasteiger charge is -2.29. The van der Waals surface area contributed by atoms with Crippen LogP contribution in [0.5, 0.6) is 11.5 Å². The Morgan fingerprint density at radius 2 is 1.76 bits per heavy atom. The van der Waals surface area contributed by atoms with E-state index in [1.807, 2.05) is 48.5 Å². The van der Waals surface area contributed by atoms with E-state index in [0.29, 0.717) is 26.7 Å². The van der Waals surface area contributed by atoms with Gasteiger partial charge in [-0.3, -0.25) is 4.98 Å². The van der Waals surface area contributed by atoms with Gasteiger partial charge in [0.25, 0.3) is 0 Å². The van der Waals surface area contributed by atoms with Crippen LogP contribution in [0.15, 0.2) is 66.9 Å². The van der Waals surface area contributed by atoms with Crippen LogP contribution in [0.2, 0.25) is 10.0 Å². The second-order valence-electron chi connectivity index (χ2n) is 8.79. The van der Waals surface area contributed by atoms with Gasteiger partial charge in [-0.15, -0.1) is 0 Å². The van der Waals surface area contributed by atoms with E-state index >= 15 is 0 Å². The molecule has 0 radical (unpaired) electrons. The third-order valence-electron chi connectivity index (χ3n) is 6.68. The van der Waals surface area contributed by atoms with Crippen LogP contribution in [0, 0.1) is 13.8 Å². The molecule has 37 heavy (non-hydrogen) atoms. The van der Waals surface area contributed by atoms with Crippen molar-refractivity contribution in [2.75, 3.05) is 19.1 Å². The van der Waals surface area contributed by atoms with Gasteiger partial charge >= 0.3 is 0 Å². The number of ether oxygens (including phenoxy) is 2. The monoisotopic (exact) mass is 552 g/mol. The molecular weight excluding hydrogens is 527 g/mol. The van der Waals surface area contributed by atoms with E-state index in [2.05, 4.69) is 39.7 Å². The molecule has 0 bridgehead atoms. The van der Waals surface area contributed by atoms with Crippen molar-refractivity contribution in [3.63, 3.8) is 0 Å². The molecule has 5 rings (SSSR count). The molecule has 9 heteroatoms. The summed E-state index contributed by atoms with van der Waals surface area (Å²) in [5.74, 6) is 1.39. The van der Waals surface area contributed by atoms with Crippen LogP contribution in [0.25, 0.3) is 5.69 Å². The van der Waals surface area contributed by atoms with Crippen LogP contribution in [0.4, 0.5) is 5.69 Å². The van der Waals surface area contributed by atoms with E-state index in [9.17, 15) is 0 Å². The van der Waals surface area contributed by atoms with Gasteiger partial charge in [0.2, 0.25) is 0 Å². The second-order valence-corrected chi connectivity index (χ2v) is 10.0. The normalized spacial score (nSPS) is 17.1. The van der Waals surface area contributed by atoms with Crippen molar-refractivity contribution in [1.29, 1.82) is 0 Å². The van der Waals surface area contributed by atoms with Gasteiger partial charge in [0.05, 0.1) is 48.4 Å². The van der Waals surface area contributed by atoms with E-state index in [1.54, 1.807) is 26.5 Å². The molecule has 1 fully saturated rings. The average molecular weight is 554 g/mol. The molecule has 2 atom stereocenters. The van der Waals surface area contributed by atoms with E-state index in [4.69, 9.17) is 44.9 Å². The number of hydrogen-bond donors (Lipinski definition) is 1. The second kappa shape index (κ2) is 10.2. The summed E-state index contributed by atoms with van der Waals surface area (Å²) >= 11 is 18.7. The average Bonchev–Trinajstić information content (AvgIpc) is 3.39. The molecule has 0 aliphatic carbocycles. The maximum atomic E-state index is 6.63. The quantitative estimate of drug-likeness (QED) is 0.260. The van der Waals surface area contributed by atoms with Gasteiger partial charge in [0, 0.05) is 28.7 Å². The van der Waals surface area contributed by atoms with Crippen molar-refractivity contribution in [1.82, 2.24) is 14.9 Å². The van der Waals surface area contributed by atoms with Crippen molar-refractivity contribution < 1.29 is 9.47 Å². The fourth-order valence-corrected chi connectivity index (χ4v) is 5.87. The van der Waals surface area contributed by atoms with Gasteiger partial charge in [-0.25, -0.2) is 0 Å². The number of halogens is 2. The lowest BCUT2D eigenvalue weighted by molar-refractivity contribution is 0.403. The standard InChI is InChI=1S/C28H26Cl2N4O2S/c1-16-13-20(17(2)33(16)23-10-8-18(29)14-21(23)30)27-26(22-7-5-6-12-31-22)32-28(37)34(27)24-15-19(35-3)9-11-25(24)36-4/h5-15,26-27H,1-4H3,(H,32,37)/t26-,27-/m0/s1. The zero-order valence-corrected chi connectivity index (χ0v) is 23.2. The van der Waals surface area contributed by atoms with Gasteiger partial charge in [-0.2, -0.15) is 0 Å². The minimum absolute atomic E-state index is 0.209. The number of nitrogens with zero attached hydrogens (tertiary/aromatic N) is 3. The van der Waals surface area contributed by atoms with Crippen molar-refractivity contribution in [3.05, 3.63) is 99.6 Å². The smallest absolute Gasteiger partial charge is 0.174 e. The Balaban J connectivity index is 1.73. The van der Waals surface area contributed by atoms with Crippen LogP contribution in [-0.4, -0.2) is 28.9 Å². The van der Waals surface area contributed by atoms with Crippen molar-refractivity contribution in [2.45, 2.75) is 25.9 Å². The van der Waals surface area contributed by atoms with Gasteiger partial charge in [-0.05, 0) is 80.2 Å². The topological polar surface area (TPSA) is 51.6 Å². The van der Waals surface area contributed by atoms with Gasteiger partial charge in [-0.1, -0.05) is 29.3 Å². The highest BCUT2D eigenvalue weighted by atomic mass is 35.5. The number of aromatic nitrogens is 2. The van der Waals surface area contributed by atoms with Gasteiger partial charge < -0.3 is 24.3 Å². The van der Waals surface area contributed by atoms with Crippen molar-refractivity contribution in [2.24, 2.45) is 0 Å². The Bertz CT molecular complexity index is 1470. The Kier molecular flexibility index (Phi) is 7.03. The molecule has 1 saturated heterocycles. The fourth-order valence-electron chi connectivity index (χ4n) is 5.04. The number of nitrogens with one attached hydrogen (secondary N) is 1. The summed E-state index contributed by atoms with van der Waals surface area (Å²) in [6, 6.07) is 18.9. The maximum Gasteiger partial charge on any atom is 0.174 e. The Hall–Kier alpha value is -3.26. The first-order chi connectivity index (χ1) is 17.8. The molecule has 6 nitrogen and oxygen atoms in total. The fraction of sp³-hybridized carbons (Fsp3) is 0.214. The molecule has 0 amide bonds. The van der Waals surface area contributed by atoms with Crippen LogP contribution in [-0.2, 0) is 0 Å². The predicted molar refractivity (Wildman–Crippen MR) is 153 cm³/mol. The van der Waals surface area contributed by atoms with Crippen LogP contribution in [0.3, 0.4) is 0 Å². The van der Waals surface area contributed by atoms with Crippen molar-refractivity contribution >= 4 is 46.2 Å². The van der Waals surface area contributed by atoms with E-state index < -0.39 is 0 Å². The summed E-state index contributed by atoms with van der Waals surface area (Å²) in [7, 11) is 3.29. The summed E-state index contributed by atoms with van der Waals surface area (Å²) in [5.41, 5.74) is 5.70. The largest absolute Gasteiger partial charge is 0.497 e. The number of anilines is 1. The zero-order valence-electron chi connectivity index (χ0n) is 20.8. The molecule has 1 N–H and O–H groups in total. The molecular formula is C28H26Cl2N4O2S. The zero-order chi connectivity index (χ0) is 26.3. The summed E-state index contributed by atoms with van der Waals surface area (Å²) < 4.78 is 13.4. The number of hydrogen-bond acceptors (Lipinski definition) is 4. The molecule has 1 aliphatic heterocycles. The number of thiocarbonyl (C=S) groups is 1. The number of aryl methyl sites for hydroxylation is 1. The number of rotatable bonds is 6. The minimum Gasteiger partial charge on any atom is -0.497 e. The number of methoxy groups -OCH3 is 2. The highest BCUT2D eigenvalue weighted by Gasteiger charge is 2.43. The van der Waals surface area contributed by atoms with Gasteiger partial charge in [0.1, 0.15) is 11.5 Å². The minimum atomic E-state index is -0.227. The molecule has 2 aromatic carbocycles. The Morgan fingerprint density at radius 1 is 0.946 bits per heavy atom. The number of benzene rings is 2. The summed E-state index contributed by atoms with van der Waals surface area (Å²) in [5, 5.41) is 5.26.